The highest BCUT2D eigenvalue weighted by atomic mass is 19.1. The molecule has 0 aliphatic carbocycles. The molecule has 3 N–H and O–H groups in total. The Hall–Kier alpha value is -3.29. The van der Waals surface area contributed by atoms with Gasteiger partial charge >= 0.3 is 0 Å². The number of hydrogen-bond donors (Lipinski definition) is 2. The summed E-state index contributed by atoms with van der Waals surface area (Å²) in [4.78, 5) is 23.0. The van der Waals surface area contributed by atoms with Gasteiger partial charge in [-0.15, -0.1) is 0 Å². The molecule has 24 heavy (non-hydrogen) atoms. The zero-order valence-electron chi connectivity index (χ0n) is 12.5. The first-order chi connectivity index (χ1) is 11.5. The van der Waals surface area contributed by atoms with Crippen LogP contribution in [0.15, 0.2) is 30.6 Å². The number of rotatable bonds is 1. The Morgan fingerprint density at radius 2 is 2.04 bits per heavy atom. The summed E-state index contributed by atoms with van der Waals surface area (Å²) in [5, 5.41) is 0.832. The molecule has 0 aliphatic rings. The van der Waals surface area contributed by atoms with Gasteiger partial charge in [0.05, 0.1) is 10.9 Å². The molecule has 0 bridgehead atoms. The first-order valence-corrected chi connectivity index (χ1v) is 7.07. The number of H-pyrrole nitrogens is 1. The van der Waals surface area contributed by atoms with Crippen molar-refractivity contribution in [3.05, 3.63) is 42.2 Å². The van der Waals surface area contributed by atoms with E-state index in [1.165, 1.54) is 23.8 Å². The van der Waals surface area contributed by atoms with E-state index in [0.717, 1.165) is 6.07 Å². The molecule has 3 aromatic heterocycles. The number of nitrogens with two attached hydrogens (primary N) is 1. The first kappa shape index (κ1) is 14.3. The van der Waals surface area contributed by atoms with E-state index in [0.29, 0.717) is 22.0 Å². The smallest absolute Gasteiger partial charge is 0.229 e. The van der Waals surface area contributed by atoms with Gasteiger partial charge in [0.25, 0.3) is 0 Å². The van der Waals surface area contributed by atoms with Crippen LogP contribution < -0.4 is 5.73 Å². The summed E-state index contributed by atoms with van der Waals surface area (Å²) in [6, 6.07) is 3.63. The van der Waals surface area contributed by atoms with E-state index in [4.69, 9.17) is 5.73 Å². The number of carbonyl (C=O) groups is 1. The molecule has 6 nitrogen and oxygen atoms in total. The van der Waals surface area contributed by atoms with Gasteiger partial charge in [-0.25, -0.2) is 18.7 Å². The van der Waals surface area contributed by atoms with Gasteiger partial charge in [-0.05, 0) is 12.1 Å². The molecule has 0 aliphatic heterocycles. The molecule has 3 heterocycles. The molecule has 4 rings (SSSR count). The highest BCUT2D eigenvalue weighted by Gasteiger charge is 2.17. The minimum Gasteiger partial charge on any atom is -0.383 e. The zero-order valence-corrected chi connectivity index (χ0v) is 12.5. The number of nitrogens with one attached hydrogen (secondary N) is 1. The third kappa shape index (κ3) is 1.96. The van der Waals surface area contributed by atoms with Gasteiger partial charge in [0.1, 0.15) is 17.5 Å². The predicted octanol–water partition coefficient (Wildman–Crippen LogP) is 3.10. The lowest BCUT2D eigenvalue weighted by Gasteiger charge is -2.04. The number of hydrogen-bond acceptors (Lipinski definition) is 4. The summed E-state index contributed by atoms with van der Waals surface area (Å²) < 4.78 is 28.7. The summed E-state index contributed by atoms with van der Waals surface area (Å²) in [7, 11) is 0. The van der Waals surface area contributed by atoms with Crippen LogP contribution in [0.1, 0.15) is 11.7 Å². The molecule has 0 unspecified atom stereocenters. The number of fused-ring (bicyclic) bond motifs is 2. The summed E-state index contributed by atoms with van der Waals surface area (Å²) >= 11 is 0. The average molecular weight is 327 g/mol. The van der Waals surface area contributed by atoms with Crippen LogP contribution in [0, 0.1) is 11.6 Å². The van der Waals surface area contributed by atoms with Gasteiger partial charge in [-0.3, -0.25) is 9.36 Å². The third-order valence-electron chi connectivity index (χ3n) is 3.86. The molecule has 0 saturated carbocycles. The van der Waals surface area contributed by atoms with Crippen LogP contribution in [0.4, 0.5) is 14.6 Å². The average Bonchev–Trinajstić information content (AvgIpc) is 3.10. The quantitative estimate of drug-likeness (QED) is 0.562. The van der Waals surface area contributed by atoms with Crippen molar-refractivity contribution in [3.63, 3.8) is 0 Å². The summed E-state index contributed by atoms with van der Waals surface area (Å²) in [6.45, 7) is 1.40. The minimum atomic E-state index is -0.711. The van der Waals surface area contributed by atoms with Gasteiger partial charge in [0.15, 0.2) is 11.5 Å². The van der Waals surface area contributed by atoms with Gasteiger partial charge in [0, 0.05) is 36.3 Å². The van der Waals surface area contributed by atoms with E-state index in [2.05, 4.69) is 15.0 Å². The lowest BCUT2D eigenvalue weighted by molar-refractivity contribution is 0.0941. The molecule has 0 radical (unpaired) electrons. The molecule has 4 aromatic rings. The number of anilines is 1. The normalized spacial score (nSPS) is 11.5. The van der Waals surface area contributed by atoms with E-state index in [-0.39, 0.29) is 23.1 Å². The molecular formula is C16H11F2N5O. The third-order valence-corrected chi connectivity index (χ3v) is 3.86. The van der Waals surface area contributed by atoms with Crippen LogP contribution in [0.2, 0.25) is 0 Å². The van der Waals surface area contributed by atoms with Crippen LogP contribution in [0.5, 0.6) is 0 Å². The van der Waals surface area contributed by atoms with E-state index >= 15 is 0 Å². The summed E-state index contributed by atoms with van der Waals surface area (Å²) in [5.41, 5.74) is 6.84. The fraction of sp³-hybridized carbons (Fsp3) is 0.0625. The number of benzene rings is 1. The predicted molar refractivity (Wildman–Crippen MR) is 85.4 cm³/mol. The number of carbonyl (C=O) groups excluding carboxylic acids is 1. The van der Waals surface area contributed by atoms with E-state index in [9.17, 15) is 13.6 Å². The van der Waals surface area contributed by atoms with Gasteiger partial charge in [-0.2, -0.15) is 0 Å². The maximum absolute atomic E-state index is 13.8. The molecule has 0 fully saturated rings. The number of aromatic amines is 1. The highest BCUT2D eigenvalue weighted by Crippen LogP contribution is 2.31. The van der Waals surface area contributed by atoms with Gasteiger partial charge in [-0.1, -0.05) is 0 Å². The van der Waals surface area contributed by atoms with Crippen LogP contribution >= 0.6 is 0 Å². The SMILES string of the molecule is CC(=O)n1ccc2c(N)nc(-c3c[nH]c4c(F)cc(F)cc34)nc21. The molecule has 8 heteroatoms. The van der Waals surface area contributed by atoms with Crippen molar-refractivity contribution in [3.8, 4) is 11.4 Å². The minimum absolute atomic E-state index is 0.149. The second-order valence-corrected chi connectivity index (χ2v) is 5.39. The second kappa shape index (κ2) is 4.85. The van der Waals surface area contributed by atoms with Crippen molar-refractivity contribution in [1.29, 1.82) is 0 Å². The first-order valence-electron chi connectivity index (χ1n) is 7.07. The summed E-state index contributed by atoms with van der Waals surface area (Å²) in [6.07, 6.45) is 3.03. The lowest BCUT2D eigenvalue weighted by Crippen LogP contribution is -2.06. The van der Waals surface area contributed by atoms with Gasteiger partial charge < -0.3 is 10.7 Å². The Morgan fingerprint density at radius 1 is 1.25 bits per heavy atom. The Bertz CT molecular complexity index is 1130. The number of nitrogen functional groups attached to an aromatic ring is 1. The van der Waals surface area contributed by atoms with E-state index in [1.807, 2.05) is 0 Å². The lowest BCUT2D eigenvalue weighted by atomic mass is 10.1. The van der Waals surface area contributed by atoms with Crippen molar-refractivity contribution >= 4 is 33.7 Å². The van der Waals surface area contributed by atoms with Crippen molar-refractivity contribution in [1.82, 2.24) is 19.5 Å². The Kier molecular flexibility index (Phi) is 2.89. The monoisotopic (exact) mass is 327 g/mol. The van der Waals surface area contributed by atoms with Crippen molar-refractivity contribution in [2.75, 3.05) is 5.73 Å². The van der Waals surface area contributed by atoms with Crippen LogP contribution in [0.25, 0.3) is 33.3 Å². The van der Waals surface area contributed by atoms with Crippen LogP contribution in [0.3, 0.4) is 0 Å². The Labute approximate surface area is 133 Å². The second-order valence-electron chi connectivity index (χ2n) is 5.39. The maximum atomic E-state index is 13.8. The fourth-order valence-electron chi connectivity index (χ4n) is 2.75. The fourth-order valence-corrected chi connectivity index (χ4v) is 2.75. The molecule has 0 atom stereocenters. The Balaban J connectivity index is 2.03. The molecule has 0 spiro atoms. The van der Waals surface area contributed by atoms with Crippen molar-refractivity contribution in [2.45, 2.75) is 6.92 Å². The number of nitrogens with zero attached hydrogens (tertiary/aromatic N) is 3. The molecule has 0 saturated heterocycles. The van der Waals surface area contributed by atoms with Crippen molar-refractivity contribution in [2.24, 2.45) is 0 Å². The van der Waals surface area contributed by atoms with E-state index in [1.54, 1.807) is 12.3 Å². The topological polar surface area (TPSA) is 89.6 Å². The zero-order chi connectivity index (χ0) is 17.0. The molecule has 1 aromatic carbocycles. The summed E-state index contributed by atoms with van der Waals surface area (Å²) in [5.74, 6) is -1.29. The van der Waals surface area contributed by atoms with Gasteiger partial charge in [0.2, 0.25) is 5.91 Å². The molecule has 120 valence electrons. The largest absolute Gasteiger partial charge is 0.383 e. The maximum Gasteiger partial charge on any atom is 0.229 e. The number of aromatic nitrogens is 4. The van der Waals surface area contributed by atoms with Crippen molar-refractivity contribution < 1.29 is 13.6 Å². The van der Waals surface area contributed by atoms with E-state index < -0.39 is 11.6 Å². The standard InChI is InChI=1S/C16H11F2N5O/c1-7(24)23-3-2-9-14(19)21-15(22-16(9)23)11-6-20-13-10(11)4-8(17)5-12(13)18/h2-6,20H,1H3,(H2,19,21,22). The highest BCUT2D eigenvalue weighted by molar-refractivity contribution is 5.98. The molecule has 0 amide bonds. The van der Waals surface area contributed by atoms with Crippen LogP contribution in [-0.2, 0) is 0 Å². The number of halogens is 2. The Morgan fingerprint density at radius 3 is 2.79 bits per heavy atom. The molecular weight excluding hydrogens is 316 g/mol. The van der Waals surface area contributed by atoms with Crippen LogP contribution in [-0.4, -0.2) is 25.4 Å².